The minimum Gasteiger partial charge on any atom is -0.494 e. The van der Waals surface area contributed by atoms with E-state index in [0.717, 1.165) is 16.7 Å². The zero-order valence-corrected chi connectivity index (χ0v) is 9.43. The number of rotatable bonds is 1. The molecule has 0 spiro atoms. The lowest BCUT2D eigenvalue weighted by Gasteiger charge is -2.09. The summed E-state index contributed by atoms with van der Waals surface area (Å²) in [6.45, 7) is 0. The topological polar surface area (TPSA) is 52.3 Å². The van der Waals surface area contributed by atoms with Crippen molar-refractivity contribution in [3.8, 4) is 16.9 Å². The lowest BCUT2D eigenvalue weighted by atomic mass is 10.1. The maximum atomic E-state index is 12.2. The summed E-state index contributed by atoms with van der Waals surface area (Å²) in [5, 5.41) is 3.85. The number of fused-ring (bicyclic) bond motifs is 3. The molecule has 4 heteroatoms. The molecule has 0 bridgehead atoms. The van der Waals surface area contributed by atoms with Crippen molar-refractivity contribution in [3.63, 3.8) is 0 Å². The van der Waals surface area contributed by atoms with Crippen LogP contribution in [0.3, 0.4) is 0 Å². The van der Waals surface area contributed by atoms with Crippen LogP contribution < -0.4 is 10.5 Å². The molecule has 1 aromatic heterocycles. The van der Waals surface area contributed by atoms with Crippen LogP contribution in [0.5, 0.6) is 5.75 Å². The Morgan fingerprint density at radius 1 is 1.19 bits per heavy atom. The van der Waals surface area contributed by atoms with Crippen LogP contribution >= 0.6 is 11.3 Å². The van der Waals surface area contributed by atoms with Gasteiger partial charge in [0.25, 0.3) is 0 Å². The van der Waals surface area contributed by atoms with Gasteiger partial charge < -0.3 is 10.5 Å². The van der Waals surface area contributed by atoms with E-state index in [4.69, 9.17) is 10.5 Å². The van der Waals surface area contributed by atoms with Gasteiger partial charge in [0.1, 0.15) is 0 Å². The fraction of sp³-hybridized carbons (Fsp3) is 0.0833. The molecule has 2 N–H and O–H groups in total. The second-order valence-corrected chi connectivity index (χ2v) is 4.38. The van der Waals surface area contributed by atoms with Crippen LogP contribution in [0.1, 0.15) is 15.9 Å². The standard InChI is InChI=1S/C12H9NO2S/c1-15-12-9(13)3-2-6-7-4-16-5-8(7)11(14)10(6)12/h2-5H,13H2,1H3. The number of hydrogen-bond donors (Lipinski definition) is 1. The van der Waals surface area contributed by atoms with Gasteiger partial charge >= 0.3 is 0 Å². The van der Waals surface area contributed by atoms with Crippen LogP contribution in [0.25, 0.3) is 11.1 Å². The van der Waals surface area contributed by atoms with Crippen LogP contribution in [0.15, 0.2) is 22.9 Å². The van der Waals surface area contributed by atoms with Crippen molar-refractivity contribution in [1.29, 1.82) is 0 Å². The summed E-state index contributed by atoms with van der Waals surface area (Å²) in [7, 11) is 1.53. The van der Waals surface area contributed by atoms with E-state index in [9.17, 15) is 4.79 Å². The van der Waals surface area contributed by atoms with Gasteiger partial charge in [0, 0.05) is 16.5 Å². The Hall–Kier alpha value is -1.81. The van der Waals surface area contributed by atoms with Crippen molar-refractivity contribution < 1.29 is 9.53 Å². The molecule has 1 aliphatic rings. The third-order valence-corrected chi connectivity index (χ3v) is 3.56. The fourth-order valence-electron chi connectivity index (χ4n) is 2.08. The van der Waals surface area contributed by atoms with Crippen LogP contribution in [-0.4, -0.2) is 12.9 Å². The lowest BCUT2D eigenvalue weighted by Crippen LogP contribution is -2.01. The second kappa shape index (κ2) is 3.09. The molecular weight excluding hydrogens is 222 g/mol. The van der Waals surface area contributed by atoms with Crippen molar-refractivity contribution in [1.82, 2.24) is 0 Å². The number of ether oxygens (including phenoxy) is 1. The van der Waals surface area contributed by atoms with Gasteiger partial charge in [-0.05, 0) is 17.0 Å². The highest BCUT2D eigenvalue weighted by atomic mass is 32.1. The molecule has 0 unspecified atom stereocenters. The second-order valence-electron chi connectivity index (χ2n) is 3.64. The summed E-state index contributed by atoms with van der Waals surface area (Å²) >= 11 is 1.53. The van der Waals surface area contributed by atoms with Crippen LogP contribution in [0.4, 0.5) is 5.69 Å². The predicted molar refractivity (Wildman–Crippen MR) is 64.2 cm³/mol. The zero-order valence-electron chi connectivity index (χ0n) is 8.61. The molecule has 16 heavy (non-hydrogen) atoms. The highest BCUT2D eigenvalue weighted by molar-refractivity contribution is 7.08. The Labute approximate surface area is 96.5 Å². The maximum Gasteiger partial charge on any atom is 0.198 e. The zero-order chi connectivity index (χ0) is 11.3. The van der Waals surface area contributed by atoms with Gasteiger partial charge in [-0.15, -0.1) is 0 Å². The summed E-state index contributed by atoms with van der Waals surface area (Å²) in [5.74, 6) is 0.499. The number of carbonyl (C=O) groups is 1. The van der Waals surface area contributed by atoms with Gasteiger partial charge in [0.15, 0.2) is 11.5 Å². The van der Waals surface area contributed by atoms with E-state index < -0.39 is 0 Å². The average Bonchev–Trinajstić information content (AvgIpc) is 2.84. The third-order valence-electron chi connectivity index (χ3n) is 2.82. The SMILES string of the molecule is COc1c(N)ccc2c1C(=O)c1cscc1-2. The molecular formula is C12H9NO2S. The number of nitrogens with two attached hydrogens (primary N) is 1. The predicted octanol–water partition coefficient (Wildman–Crippen LogP) is 2.55. The molecule has 80 valence electrons. The molecule has 0 atom stereocenters. The van der Waals surface area contributed by atoms with Crippen molar-refractivity contribution in [2.75, 3.05) is 12.8 Å². The maximum absolute atomic E-state index is 12.2. The number of carbonyl (C=O) groups excluding carboxylic acids is 1. The summed E-state index contributed by atoms with van der Waals surface area (Å²) in [5.41, 5.74) is 9.56. The van der Waals surface area contributed by atoms with E-state index >= 15 is 0 Å². The summed E-state index contributed by atoms with van der Waals surface area (Å²) in [4.78, 5) is 12.2. The highest BCUT2D eigenvalue weighted by Gasteiger charge is 2.31. The van der Waals surface area contributed by atoms with E-state index in [-0.39, 0.29) is 5.78 Å². The molecule has 3 rings (SSSR count). The average molecular weight is 231 g/mol. The van der Waals surface area contributed by atoms with E-state index in [2.05, 4.69) is 0 Å². The first kappa shape index (κ1) is 9.42. The first-order valence-corrected chi connectivity index (χ1v) is 5.76. The van der Waals surface area contributed by atoms with Gasteiger partial charge in [0.05, 0.1) is 18.4 Å². The molecule has 0 fully saturated rings. The molecule has 3 nitrogen and oxygen atoms in total. The Morgan fingerprint density at radius 3 is 2.69 bits per heavy atom. The van der Waals surface area contributed by atoms with Gasteiger partial charge in [-0.1, -0.05) is 6.07 Å². The quantitative estimate of drug-likeness (QED) is 0.655. The van der Waals surface area contributed by atoms with Crippen LogP contribution in [0, 0.1) is 0 Å². The summed E-state index contributed by atoms with van der Waals surface area (Å²) < 4.78 is 5.22. The number of hydrogen-bond acceptors (Lipinski definition) is 4. The first-order valence-electron chi connectivity index (χ1n) is 4.81. The Balaban J connectivity index is 2.38. The number of benzene rings is 1. The normalized spacial score (nSPS) is 12.4. The van der Waals surface area contributed by atoms with Crippen molar-refractivity contribution in [2.45, 2.75) is 0 Å². The third kappa shape index (κ3) is 0.994. The molecule has 0 aliphatic heterocycles. The highest BCUT2D eigenvalue weighted by Crippen LogP contribution is 2.44. The van der Waals surface area contributed by atoms with Gasteiger partial charge in [-0.25, -0.2) is 0 Å². The largest absolute Gasteiger partial charge is 0.494 e. The van der Waals surface area contributed by atoms with Crippen LogP contribution in [0.2, 0.25) is 0 Å². The number of thiophene rings is 1. The molecule has 0 amide bonds. The minimum atomic E-state index is 0.00963. The molecule has 0 saturated heterocycles. The Bertz CT molecular complexity index is 601. The van der Waals surface area contributed by atoms with Crippen LogP contribution in [-0.2, 0) is 0 Å². The van der Waals surface area contributed by atoms with Crippen molar-refractivity contribution >= 4 is 22.8 Å². The van der Waals surface area contributed by atoms with Crippen molar-refractivity contribution in [2.24, 2.45) is 0 Å². The monoisotopic (exact) mass is 231 g/mol. The number of ketones is 1. The molecule has 1 aromatic carbocycles. The lowest BCUT2D eigenvalue weighted by molar-refractivity contribution is 0.104. The Morgan fingerprint density at radius 2 is 1.94 bits per heavy atom. The Kier molecular flexibility index (Phi) is 1.82. The molecule has 0 radical (unpaired) electrons. The van der Waals surface area contributed by atoms with Gasteiger partial charge in [-0.3, -0.25) is 4.79 Å². The van der Waals surface area contributed by atoms with Crippen molar-refractivity contribution in [3.05, 3.63) is 34.0 Å². The van der Waals surface area contributed by atoms with E-state index in [1.165, 1.54) is 18.4 Å². The van der Waals surface area contributed by atoms with E-state index in [1.54, 1.807) is 6.07 Å². The van der Waals surface area contributed by atoms with Gasteiger partial charge in [-0.2, -0.15) is 11.3 Å². The molecule has 0 saturated carbocycles. The first-order chi connectivity index (χ1) is 7.74. The minimum absolute atomic E-state index is 0.00963. The van der Waals surface area contributed by atoms with E-state index in [1.807, 2.05) is 16.8 Å². The number of nitrogen functional groups attached to an aromatic ring is 1. The number of methoxy groups -OCH3 is 1. The smallest absolute Gasteiger partial charge is 0.198 e. The molecule has 1 aliphatic carbocycles. The fourth-order valence-corrected chi connectivity index (χ4v) is 2.91. The summed E-state index contributed by atoms with van der Waals surface area (Å²) in [6.07, 6.45) is 0. The molecule has 2 aromatic rings. The van der Waals surface area contributed by atoms with Gasteiger partial charge in [0.2, 0.25) is 0 Å². The number of anilines is 1. The van der Waals surface area contributed by atoms with E-state index in [0.29, 0.717) is 17.0 Å². The molecule has 1 heterocycles. The summed E-state index contributed by atoms with van der Waals surface area (Å²) in [6, 6.07) is 3.65.